The van der Waals surface area contributed by atoms with Gasteiger partial charge in [0.2, 0.25) is 0 Å². The summed E-state index contributed by atoms with van der Waals surface area (Å²) in [7, 11) is 3.42. The number of nitrogens with zero attached hydrogens (tertiary/aromatic N) is 2. The molecule has 2 atom stereocenters. The summed E-state index contributed by atoms with van der Waals surface area (Å²) in [6.45, 7) is 2.33. The van der Waals surface area contributed by atoms with Gasteiger partial charge in [-0.1, -0.05) is 6.07 Å². The predicted molar refractivity (Wildman–Crippen MR) is 86.8 cm³/mol. The number of rotatable bonds is 7. The van der Waals surface area contributed by atoms with E-state index in [1.807, 2.05) is 30.5 Å². The highest BCUT2D eigenvalue weighted by atomic mass is 16.5. The first kappa shape index (κ1) is 15.8. The lowest BCUT2D eigenvalue weighted by molar-refractivity contribution is 0.105. The summed E-state index contributed by atoms with van der Waals surface area (Å²) in [5, 5.41) is 0. The highest BCUT2D eigenvalue weighted by Crippen LogP contribution is 2.31. The van der Waals surface area contributed by atoms with Crippen LogP contribution in [0.1, 0.15) is 18.3 Å². The first-order valence-electron chi connectivity index (χ1n) is 7.83. The van der Waals surface area contributed by atoms with E-state index in [0.717, 1.165) is 36.8 Å². The first-order chi connectivity index (χ1) is 11.3. The molecule has 6 nitrogen and oxygen atoms in total. The molecule has 1 aliphatic heterocycles. The lowest BCUT2D eigenvalue weighted by atomic mass is 10.2. The Morgan fingerprint density at radius 2 is 2.17 bits per heavy atom. The zero-order valence-electron chi connectivity index (χ0n) is 13.6. The predicted octanol–water partition coefficient (Wildman–Crippen LogP) is 2.26. The second kappa shape index (κ2) is 7.48. The molecule has 1 aliphatic rings. The van der Waals surface area contributed by atoms with Crippen molar-refractivity contribution in [3.8, 4) is 11.5 Å². The number of H-pyrrole nitrogens is 1. The van der Waals surface area contributed by atoms with E-state index in [1.165, 1.54) is 0 Å². The smallest absolute Gasteiger partial charge is 0.123 e. The second-order valence-corrected chi connectivity index (χ2v) is 5.61. The quantitative estimate of drug-likeness (QED) is 0.849. The molecular weight excluding hydrogens is 294 g/mol. The molecule has 0 radical (unpaired) electrons. The Balaban J connectivity index is 1.57. The summed E-state index contributed by atoms with van der Waals surface area (Å²) >= 11 is 0. The van der Waals surface area contributed by atoms with Crippen LogP contribution in [0.5, 0.6) is 11.5 Å². The minimum atomic E-state index is 0.238. The van der Waals surface area contributed by atoms with Crippen LogP contribution < -0.4 is 9.47 Å². The minimum absolute atomic E-state index is 0.238. The number of methoxy groups -OCH3 is 2. The number of hydrogen-bond acceptors (Lipinski definition) is 5. The molecule has 0 amide bonds. The van der Waals surface area contributed by atoms with Gasteiger partial charge < -0.3 is 19.2 Å². The van der Waals surface area contributed by atoms with Crippen molar-refractivity contribution in [1.29, 1.82) is 0 Å². The van der Waals surface area contributed by atoms with Crippen molar-refractivity contribution in [2.75, 3.05) is 33.9 Å². The van der Waals surface area contributed by atoms with Crippen LogP contribution in [0.25, 0.3) is 0 Å². The molecular formula is C17H23N3O3. The Morgan fingerprint density at radius 1 is 1.30 bits per heavy atom. The van der Waals surface area contributed by atoms with E-state index in [1.54, 1.807) is 20.4 Å². The molecule has 1 aromatic carbocycles. The van der Waals surface area contributed by atoms with Crippen LogP contribution in [0.15, 0.2) is 36.7 Å². The fourth-order valence-electron chi connectivity index (χ4n) is 3.00. The lowest BCUT2D eigenvalue weighted by Gasteiger charge is -2.22. The number of benzene rings is 1. The van der Waals surface area contributed by atoms with Crippen molar-refractivity contribution in [1.82, 2.24) is 14.9 Å². The van der Waals surface area contributed by atoms with Gasteiger partial charge in [0, 0.05) is 38.7 Å². The van der Waals surface area contributed by atoms with Crippen LogP contribution in [0.3, 0.4) is 0 Å². The van der Waals surface area contributed by atoms with Crippen LogP contribution in [-0.4, -0.2) is 54.9 Å². The molecule has 1 N–H and O–H groups in total. The van der Waals surface area contributed by atoms with E-state index in [4.69, 9.17) is 14.2 Å². The van der Waals surface area contributed by atoms with E-state index >= 15 is 0 Å². The van der Waals surface area contributed by atoms with Crippen LogP contribution >= 0.6 is 0 Å². The van der Waals surface area contributed by atoms with Crippen molar-refractivity contribution >= 4 is 0 Å². The summed E-state index contributed by atoms with van der Waals surface area (Å²) in [5.41, 5.74) is 0. The Labute approximate surface area is 136 Å². The standard InChI is InChI=1S/C17H23N3O3/c1-21-13-4-3-5-14(10-13)23-9-8-20-12-15(22-2)11-16(20)17-18-6-7-19-17/h3-7,10,15-16H,8-9,11-12H2,1-2H3,(H,18,19)/t15-,16?/m1/s1. The van der Waals surface area contributed by atoms with E-state index in [2.05, 4.69) is 14.9 Å². The summed E-state index contributed by atoms with van der Waals surface area (Å²) in [4.78, 5) is 9.96. The molecule has 1 unspecified atom stereocenters. The SMILES string of the molecule is COc1cccc(OCCN2C[C@H](OC)CC2c2ncc[nH]2)c1. The van der Waals surface area contributed by atoms with Crippen molar-refractivity contribution in [2.24, 2.45) is 0 Å². The lowest BCUT2D eigenvalue weighted by Crippen LogP contribution is -2.30. The molecule has 1 saturated heterocycles. The van der Waals surface area contributed by atoms with E-state index in [9.17, 15) is 0 Å². The monoisotopic (exact) mass is 317 g/mol. The number of ether oxygens (including phenoxy) is 3. The normalized spacial score (nSPS) is 21.5. The maximum atomic E-state index is 5.85. The molecule has 6 heteroatoms. The largest absolute Gasteiger partial charge is 0.497 e. The Kier molecular flexibility index (Phi) is 5.15. The van der Waals surface area contributed by atoms with Gasteiger partial charge in [0.1, 0.15) is 23.9 Å². The van der Waals surface area contributed by atoms with Crippen molar-refractivity contribution in [3.63, 3.8) is 0 Å². The summed E-state index contributed by atoms with van der Waals surface area (Å²) in [6.07, 6.45) is 4.84. The summed E-state index contributed by atoms with van der Waals surface area (Å²) < 4.78 is 16.6. The van der Waals surface area contributed by atoms with E-state index in [0.29, 0.717) is 6.61 Å². The molecule has 2 heterocycles. The topological polar surface area (TPSA) is 59.6 Å². The molecule has 0 bridgehead atoms. The Bertz CT molecular complexity index is 603. The minimum Gasteiger partial charge on any atom is -0.497 e. The Hall–Kier alpha value is -2.05. The highest BCUT2D eigenvalue weighted by molar-refractivity contribution is 5.32. The summed E-state index contributed by atoms with van der Waals surface area (Å²) in [5.74, 6) is 2.61. The number of nitrogens with one attached hydrogen (secondary N) is 1. The third kappa shape index (κ3) is 3.83. The fourth-order valence-corrected chi connectivity index (χ4v) is 3.00. The van der Waals surface area contributed by atoms with Crippen molar-refractivity contribution in [3.05, 3.63) is 42.5 Å². The maximum absolute atomic E-state index is 5.85. The average Bonchev–Trinajstić information content (AvgIpc) is 3.24. The Morgan fingerprint density at radius 3 is 2.91 bits per heavy atom. The van der Waals surface area contributed by atoms with Gasteiger partial charge >= 0.3 is 0 Å². The second-order valence-electron chi connectivity index (χ2n) is 5.61. The zero-order valence-corrected chi connectivity index (χ0v) is 13.6. The molecule has 1 aromatic heterocycles. The van der Waals surface area contributed by atoms with E-state index in [-0.39, 0.29) is 12.1 Å². The molecule has 1 fully saturated rings. The molecule has 2 aromatic rings. The molecule has 0 spiro atoms. The van der Waals surface area contributed by atoms with Gasteiger partial charge in [0.25, 0.3) is 0 Å². The number of aromatic nitrogens is 2. The summed E-state index contributed by atoms with van der Waals surface area (Å²) in [6, 6.07) is 7.92. The molecule has 23 heavy (non-hydrogen) atoms. The van der Waals surface area contributed by atoms with Gasteiger partial charge in [-0.25, -0.2) is 4.98 Å². The highest BCUT2D eigenvalue weighted by Gasteiger charge is 2.34. The average molecular weight is 317 g/mol. The van der Waals surface area contributed by atoms with Crippen LogP contribution in [0.2, 0.25) is 0 Å². The molecule has 0 aliphatic carbocycles. The fraction of sp³-hybridized carbons (Fsp3) is 0.471. The van der Waals surface area contributed by atoms with Gasteiger partial charge in [-0.05, 0) is 18.6 Å². The van der Waals surface area contributed by atoms with Gasteiger partial charge in [0.15, 0.2) is 0 Å². The maximum Gasteiger partial charge on any atom is 0.123 e. The van der Waals surface area contributed by atoms with Crippen LogP contribution in [0.4, 0.5) is 0 Å². The number of hydrogen-bond donors (Lipinski definition) is 1. The van der Waals surface area contributed by atoms with Crippen molar-refractivity contribution in [2.45, 2.75) is 18.6 Å². The first-order valence-corrected chi connectivity index (χ1v) is 7.83. The van der Waals surface area contributed by atoms with Crippen LogP contribution in [0, 0.1) is 0 Å². The molecule has 124 valence electrons. The third-order valence-corrected chi connectivity index (χ3v) is 4.22. The number of imidazole rings is 1. The number of likely N-dealkylation sites (tertiary alicyclic amines) is 1. The zero-order chi connectivity index (χ0) is 16.1. The van der Waals surface area contributed by atoms with Gasteiger partial charge in [-0.3, -0.25) is 4.90 Å². The van der Waals surface area contributed by atoms with E-state index < -0.39 is 0 Å². The van der Waals surface area contributed by atoms with Gasteiger partial charge in [-0.15, -0.1) is 0 Å². The van der Waals surface area contributed by atoms with Gasteiger partial charge in [0.05, 0.1) is 19.3 Å². The molecule has 3 rings (SSSR count). The van der Waals surface area contributed by atoms with Gasteiger partial charge in [-0.2, -0.15) is 0 Å². The molecule has 0 saturated carbocycles. The van der Waals surface area contributed by atoms with Crippen LogP contribution in [-0.2, 0) is 4.74 Å². The number of aromatic amines is 1. The van der Waals surface area contributed by atoms with Crippen molar-refractivity contribution < 1.29 is 14.2 Å². The third-order valence-electron chi connectivity index (χ3n) is 4.22.